The van der Waals surface area contributed by atoms with Gasteiger partial charge in [-0.25, -0.2) is 0 Å². The zero-order valence-corrected chi connectivity index (χ0v) is 13.7. The molecule has 1 aliphatic rings. The molecule has 0 saturated heterocycles. The second kappa shape index (κ2) is 7.97. The molecule has 1 fully saturated rings. The van der Waals surface area contributed by atoms with E-state index < -0.39 is 0 Å². The lowest BCUT2D eigenvalue weighted by Gasteiger charge is -2.17. The number of benzene rings is 2. The van der Waals surface area contributed by atoms with Crippen LogP contribution in [-0.2, 0) is 6.61 Å². The maximum atomic E-state index is 12.4. The molecule has 1 amide bonds. The summed E-state index contributed by atoms with van der Waals surface area (Å²) in [5.74, 6) is 1.08. The van der Waals surface area contributed by atoms with E-state index in [1.807, 2.05) is 42.5 Å². The van der Waals surface area contributed by atoms with Gasteiger partial charge < -0.3 is 15.2 Å². The van der Waals surface area contributed by atoms with Crippen LogP contribution in [0.15, 0.2) is 54.6 Å². The monoisotopic (exact) mass is 325 g/mol. The quantitative estimate of drug-likeness (QED) is 0.784. The van der Waals surface area contributed by atoms with Gasteiger partial charge in [0.25, 0.3) is 5.91 Å². The van der Waals surface area contributed by atoms with Crippen molar-refractivity contribution in [3.63, 3.8) is 0 Å². The molecular weight excluding hydrogens is 302 g/mol. The van der Waals surface area contributed by atoms with Gasteiger partial charge in [0.05, 0.1) is 0 Å². The maximum Gasteiger partial charge on any atom is 0.251 e. The minimum Gasteiger partial charge on any atom is -0.489 e. The standard InChI is InChI=1S/C20H23NO3/c22-12-11-19(16-9-10-16)21-20(23)17-7-4-8-18(13-17)24-14-15-5-2-1-3-6-15/h1-8,13,16,19,22H,9-12,14H2,(H,21,23). The van der Waals surface area contributed by atoms with E-state index in [-0.39, 0.29) is 18.6 Å². The van der Waals surface area contributed by atoms with Crippen LogP contribution < -0.4 is 10.1 Å². The van der Waals surface area contributed by atoms with E-state index in [0.717, 1.165) is 18.4 Å². The number of hydrogen-bond donors (Lipinski definition) is 2. The van der Waals surface area contributed by atoms with Crippen molar-refractivity contribution in [3.05, 3.63) is 65.7 Å². The molecule has 1 unspecified atom stereocenters. The number of hydrogen-bond acceptors (Lipinski definition) is 3. The summed E-state index contributed by atoms with van der Waals surface area (Å²) in [6.07, 6.45) is 2.87. The second-order valence-electron chi connectivity index (χ2n) is 6.23. The van der Waals surface area contributed by atoms with Crippen LogP contribution in [0.3, 0.4) is 0 Å². The maximum absolute atomic E-state index is 12.4. The fraction of sp³-hybridized carbons (Fsp3) is 0.350. The smallest absolute Gasteiger partial charge is 0.251 e. The summed E-state index contributed by atoms with van der Waals surface area (Å²) in [5.41, 5.74) is 1.67. The van der Waals surface area contributed by atoms with Crippen LogP contribution in [0.4, 0.5) is 0 Å². The molecule has 4 nitrogen and oxygen atoms in total. The van der Waals surface area contributed by atoms with Gasteiger partial charge in [-0.3, -0.25) is 4.79 Å². The Balaban J connectivity index is 1.60. The van der Waals surface area contributed by atoms with Gasteiger partial charge in [-0.15, -0.1) is 0 Å². The molecule has 0 radical (unpaired) electrons. The molecule has 4 heteroatoms. The van der Waals surface area contributed by atoms with Crippen molar-refractivity contribution in [1.29, 1.82) is 0 Å². The van der Waals surface area contributed by atoms with Crippen molar-refractivity contribution < 1.29 is 14.6 Å². The van der Waals surface area contributed by atoms with Crippen LogP contribution in [0, 0.1) is 5.92 Å². The van der Waals surface area contributed by atoms with Crippen LogP contribution in [0.5, 0.6) is 5.75 Å². The van der Waals surface area contributed by atoms with E-state index in [1.165, 1.54) is 0 Å². The SMILES string of the molecule is O=C(NC(CCO)C1CC1)c1cccc(OCc2ccccc2)c1. The van der Waals surface area contributed by atoms with E-state index in [1.54, 1.807) is 12.1 Å². The topological polar surface area (TPSA) is 58.6 Å². The predicted molar refractivity (Wildman–Crippen MR) is 92.9 cm³/mol. The normalized spacial score (nSPS) is 14.9. The van der Waals surface area contributed by atoms with Gasteiger partial charge in [0.15, 0.2) is 0 Å². The molecule has 2 N–H and O–H groups in total. The molecule has 0 aromatic heterocycles. The Kier molecular flexibility index (Phi) is 5.49. The van der Waals surface area contributed by atoms with Gasteiger partial charge in [-0.05, 0) is 48.9 Å². The molecule has 126 valence electrons. The highest BCUT2D eigenvalue weighted by Crippen LogP contribution is 2.34. The Hall–Kier alpha value is -2.33. The number of amides is 1. The van der Waals surface area contributed by atoms with E-state index in [2.05, 4.69) is 5.32 Å². The van der Waals surface area contributed by atoms with Gasteiger partial charge in [0.1, 0.15) is 12.4 Å². The molecule has 3 rings (SSSR count). The summed E-state index contributed by atoms with van der Waals surface area (Å²) in [4.78, 5) is 12.4. The van der Waals surface area contributed by atoms with Crippen LogP contribution >= 0.6 is 0 Å². The average molecular weight is 325 g/mol. The molecule has 1 saturated carbocycles. The number of nitrogens with one attached hydrogen (secondary N) is 1. The molecule has 0 bridgehead atoms. The van der Waals surface area contributed by atoms with Gasteiger partial charge in [-0.1, -0.05) is 36.4 Å². The van der Waals surface area contributed by atoms with E-state index >= 15 is 0 Å². The first-order valence-corrected chi connectivity index (χ1v) is 8.45. The second-order valence-corrected chi connectivity index (χ2v) is 6.23. The number of carbonyl (C=O) groups is 1. The summed E-state index contributed by atoms with van der Waals surface area (Å²) in [6.45, 7) is 0.572. The van der Waals surface area contributed by atoms with E-state index in [0.29, 0.717) is 30.3 Å². The van der Waals surface area contributed by atoms with Gasteiger partial charge in [-0.2, -0.15) is 0 Å². The Labute approximate surface area is 142 Å². The minimum absolute atomic E-state index is 0.0661. The third-order valence-corrected chi connectivity index (χ3v) is 4.29. The predicted octanol–water partition coefficient (Wildman–Crippen LogP) is 3.16. The summed E-state index contributed by atoms with van der Waals surface area (Å²) in [5, 5.41) is 12.2. The van der Waals surface area contributed by atoms with Crippen molar-refractivity contribution in [3.8, 4) is 5.75 Å². The lowest BCUT2D eigenvalue weighted by molar-refractivity contribution is 0.0923. The highest BCUT2D eigenvalue weighted by Gasteiger charge is 2.31. The Bertz CT molecular complexity index is 668. The molecule has 0 aliphatic heterocycles. The molecular formula is C20H23NO3. The van der Waals surface area contributed by atoms with Gasteiger partial charge in [0.2, 0.25) is 0 Å². The number of carbonyl (C=O) groups excluding carboxylic acids is 1. The molecule has 0 spiro atoms. The third kappa shape index (κ3) is 4.59. The molecule has 1 atom stereocenters. The van der Waals surface area contributed by atoms with E-state index in [4.69, 9.17) is 9.84 Å². The first-order chi connectivity index (χ1) is 11.8. The highest BCUT2D eigenvalue weighted by atomic mass is 16.5. The summed E-state index contributed by atoms with van der Waals surface area (Å²) >= 11 is 0. The van der Waals surface area contributed by atoms with Crippen molar-refractivity contribution in [2.75, 3.05) is 6.61 Å². The van der Waals surface area contributed by atoms with E-state index in [9.17, 15) is 4.79 Å². The van der Waals surface area contributed by atoms with Crippen LogP contribution in [0.1, 0.15) is 35.2 Å². The summed E-state index contributed by atoms with van der Waals surface area (Å²) in [6, 6.07) is 17.2. The first kappa shape index (κ1) is 16.5. The highest BCUT2D eigenvalue weighted by molar-refractivity contribution is 5.94. The van der Waals surface area contributed by atoms with Crippen molar-refractivity contribution in [2.45, 2.75) is 31.9 Å². The zero-order chi connectivity index (χ0) is 16.8. The van der Waals surface area contributed by atoms with Crippen LogP contribution in [-0.4, -0.2) is 23.7 Å². The van der Waals surface area contributed by atoms with Gasteiger partial charge in [0, 0.05) is 18.2 Å². The molecule has 0 heterocycles. The van der Waals surface area contributed by atoms with Crippen LogP contribution in [0.2, 0.25) is 0 Å². The first-order valence-electron chi connectivity index (χ1n) is 8.45. The van der Waals surface area contributed by atoms with Crippen molar-refractivity contribution >= 4 is 5.91 Å². The zero-order valence-electron chi connectivity index (χ0n) is 13.7. The average Bonchev–Trinajstić information content (AvgIpc) is 3.46. The molecule has 1 aliphatic carbocycles. The van der Waals surface area contributed by atoms with Gasteiger partial charge >= 0.3 is 0 Å². The number of ether oxygens (including phenoxy) is 1. The third-order valence-electron chi connectivity index (χ3n) is 4.29. The van der Waals surface area contributed by atoms with Crippen LogP contribution in [0.25, 0.3) is 0 Å². The lowest BCUT2D eigenvalue weighted by atomic mass is 10.1. The Morgan fingerprint density at radius 3 is 2.67 bits per heavy atom. The number of aliphatic hydroxyl groups is 1. The minimum atomic E-state index is -0.106. The lowest BCUT2D eigenvalue weighted by Crippen LogP contribution is -2.37. The largest absolute Gasteiger partial charge is 0.489 e. The van der Waals surface area contributed by atoms with Crippen molar-refractivity contribution in [1.82, 2.24) is 5.32 Å². The molecule has 24 heavy (non-hydrogen) atoms. The molecule has 2 aromatic carbocycles. The fourth-order valence-corrected chi connectivity index (χ4v) is 2.78. The van der Waals surface area contributed by atoms with Crippen molar-refractivity contribution in [2.24, 2.45) is 5.92 Å². The summed E-state index contributed by atoms with van der Waals surface area (Å²) in [7, 11) is 0. The number of aliphatic hydroxyl groups excluding tert-OH is 1. The summed E-state index contributed by atoms with van der Waals surface area (Å²) < 4.78 is 5.78. The number of rotatable bonds is 8. The fourth-order valence-electron chi connectivity index (χ4n) is 2.78. The Morgan fingerprint density at radius 1 is 1.17 bits per heavy atom. The molecule has 2 aromatic rings. The Morgan fingerprint density at radius 2 is 1.96 bits per heavy atom.